The van der Waals surface area contributed by atoms with E-state index in [0.29, 0.717) is 12.8 Å². The summed E-state index contributed by atoms with van der Waals surface area (Å²) in [5.74, 6) is -1.57. The Hall–Kier alpha value is -1.40. The van der Waals surface area contributed by atoms with Crippen molar-refractivity contribution in [2.45, 2.75) is 38.2 Å². The third kappa shape index (κ3) is 4.12. The van der Waals surface area contributed by atoms with E-state index in [-0.39, 0.29) is 0 Å². The number of carbonyl (C=O) groups excluding carboxylic acids is 1. The van der Waals surface area contributed by atoms with Crippen LogP contribution in [0.1, 0.15) is 25.7 Å². The Balaban J connectivity index is 2.53. The third-order valence-electron chi connectivity index (χ3n) is 3.15. The van der Waals surface area contributed by atoms with Crippen LogP contribution in [0.5, 0.6) is 0 Å². The smallest absolute Gasteiger partial charge is 0.317 e. The topological polar surface area (TPSA) is 69.6 Å². The predicted octanol–water partition coefficient (Wildman–Crippen LogP) is 1.54. The number of rotatable bonds is 4. The minimum atomic E-state index is -2.60. The number of carboxylic acid groups (broad SMARTS) is 1. The van der Waals surface area contributed by atoms with Crippen LogP contribution in [0.2, 0.25) is 0 Å². The lowest BCUT2D eigenvalue weighted by molar-refractivity contribution is -0.143. The Bertz CT molecular complexity index is 313. The maximum absolute atomic E-state index is 12.1. The number of nitrogens with zero attached hydrogens (tertiary/aromatic N) is 1. The van der Waals surface area contributed by atoms with E-state index in [1.165, 1.54) is 7.05 Å². The molecule has 5 nitrogen and oxygen atoms in total. The lowest BCUT2D eigenvalue weighted by Crippen LogP contribution is -2.50. The number of amides is 2. The maximum atomic E-state index is 12.1. The molecule has 18 heavy (non-hydrogen) atoms. The average molecular weight is 264 g/mol. The number of halogens is 2. The SMILES string of the molecule is CN(CC(F)F)C(=O)NC1CCCCC1C(=O)O. The number of aliphatic carboxylic acids is 1. The fraction of sp³-hybridized carbons (Fsp3) is 0.818. The summed E-state index contributed by atoms with van der Waals surface area (Å²) in [5, 5.41) is 11.5. The van der Waals surface area contributed by atoms with Crippen molar-refractivity contribution >= 4 is 12.0 Å². The zero-order valence-corrected chi connectivity index (χ0v) is 10.2. The summed E-state index contributed by atoms with van der Waals surface area (Å²) in [7, 11) is 1.26. The molecular weight excluding hydrogens is 246 g/mol. The molecule has 0 bridgehead atoms. The van der Waals surface area contributed by atoms with Crippen LogP contribution < -0.4 is 5.32 Å². The van der Waals surface area contributed by atoms with E-state index >= 15 is 0 Å². The van der Waals surface area contributed by atoms with Gasteiger partial charge in [-0.3, -0.25) is 4.79 Å². The van der Waals surface area contributed by atoms with Crippen LogP contribution in [0, 0.1) is 5.92 Å². The molecule has 1 aliphatic carbocycles. The second kappa shape index (κ2) is 6.51. The molecule has 2 unspecified atom stereocenters. The Labute approximate surface area is 104 Å². The first kappa shape index (κ1) is 14.7. The van der Waals surface area contributed by atoms with Crippen molar-refractivity contribution in [2.75, 3.05) is 13.6 Å². The molecule has 0 heterocycles. The van der Waals surface area contributed by atoms with Gasteiger partial charge in [0.15, 0.2) is 0 Å². The van der Waals surface area contributed by atoms with Gasteiger partial charge in [0.1, 0.15) is 0 Å². The highest BCUT2D eigenvalue weighted by atomic mass is 19.3. The number of nitrogens with one attached hydrogen (secondary N) is 1. The van der Waals surface area contributed by atoms with Crippen molar-refractivity contribution in [1.82, 2.24) is 10.2 Å². The van der Waals surface area contributed by atoms with Crippen LogP contribution in [-0.2, 0) is 4.79 Å². The summed E-state index contributed by atoms with van der Waals surface area (Å²) in [4.78, 5) is 23.5. The van der Waals surface area contributed by atoms with Crippen LogP contribution in [0.4, 0.5) is 13.6 Å². The fourth-order valence-corrected chi connectivity index (χ4v) is 2.16. The lowest BCUT2D eigenvalue weighted by Gasteiger charge is -2.30. The van der Waals surface area contributed by atoms with Crippen molar-refractivity contribution in [3.8, 4) is 0 Å². The quantitative estimate of drug-likeness (QED) is 0.809. The van der Waals surface area contributed by atoms with Crippen LogP contribution in [-0.4, -0.2) is 48.1 Å². The van der Waals surface area contributed by atoms with Gasteiger partial charge in [-0.05, 0) is 12.8 Å². The number of alkyl halides is 2. The number of hydrogen-bond donors (Lipinski definition) is 2. The number of carbonyl (C=O) groups is 2. The minimum Gasteiger partial charge on any atom is -0.481 e. The molecule has 2 N–H and O–H groups in total. The van der Waals surface area contributed by atoms with Gasteiger partial charge in [-0.15, -0.1) is 0 Å². The van der Waals surface area contributed by atoms with Crippen molar-refractivity contribution in [3.63, 3.8) is 0 Å². The molecule has 0 aliphatic heterocycles. The Morgan fingerprint density at radius 1 is 1.39 bits per heavy atom. The third-order valence-corrected chi connectivity index (χ3v) is 3.15. The van der Waals surface area contributed by atoms with E-state index in [4.69, 9.17) is 5.11 Å². The van der Waals surface area contributed by atoms with E-state index in [1.54, 1.807) is 0 Å². The molecule has 0 aromatic carbocycles. The summed E-state index contributed by atoms with van der Waals surface area (Å²) < 4.78 is 24.2. The number of carboxylic acids is 1. The van der Waals surface area contributed by atoms with E-state index in [9.17, 15) is 18.4 Å². The van der Waals surface area contributed by atoms with Gasteiger partial charge in [-0.1, -0.05) is 12.8 Å². The molecule has 0 radical (unpaired) electrons. The highest BCUT2D eigenvalue weighted by molar-refractivity contribution is 5.76. The van der Waals surface area contributed by atoms with E-state index < -0.39 is 36.9 Å². The largest absolute Gasteiger partial charge is 0.481 e. The van der Waals surface area contributed by atoms with Gasteiger partial charge in [0.05, 0.1) is 12.5 Å². The molecule has 104 valence electrons. The molecular formula is C11H18F2N2O3. The molecule has 2 atom stereocenters. The normalized spacial score (nSPS) is 23.8. The van der Waals surface area contributed by atoms with Gasteiger partial charge in [-0.2, -0.15) is 0 Å². The maximum Gasteiger partial charge on any atom is 0.317 e. The Morgan fingerprint density at radius 2 is 2.00 bits per heavy atom. The first-order chi connectivity index (χ1) is 8.41. The average Bonchev–Trinajstić information content (AvgIpc) is 2.28. The minimum absolute atomic E-state index is 0.469. The first-order valence-corrected chi connectivity index (χ1v) is 5.94. The first-order valence-electron chi connectivity index (χ1n) is 5.94. The van der Waals surface area contributed by atoms with Gasteiger partial charge in [0.25, 0.3) is 6.43 Å². The molecule has 0 spiro atoms. The molecule has 2 amide bonds. The Kier molecular flexibility index (Phi) is 5.30. The number of hydrogen-bond acceptors (Lipinski definition) is 2. The Morgan fingerprint density at radius 3 is 2.56 bits per heavy atom. The number of urea groups is 1. The molecule has 1 rings (SSSR count). The summed E-state index contributed by atoms with van der Waals surface area (Å²) in [6.07, 6.45) is 0.149. The van der Waals surface area contributed by atoms with Crippen molar-refractivity contribution in [3.05, 3.63) is 0 Å². The van der Waals surface area contributed by atoms with Crippen LogP contribution in [0.15, 0.2) is 0 Å². The molecule has 1 fully saturated rings. The van der Waals surface area contributed by atoms with Crippen LogP contribution in [0.25, 0.3) is 0 Å². The molecule has 0 aromatic heterocycles. The second-order valence-corrected chi connectivity index (χ2v) is 4.56. The van der Waals surface area contributed by atoms with Gasteiger partial charge in [0, 0.05) is 13.1 Å². The molecule has 1 saturated carbocycles. The summed E-state index contributed by atoms with van der Waals surface area (Å²) in [5.41, 5.74) is 0. The van der Waals surface area contributed by atoms with Crippen molar-refractivity contribution in [2.24, 2.45) is 5.92 Å². The zero-order valence-electron chi connectivity index (χ0n) is 10.2. The fourth-order valence-electron chi connectivity index (χ4n) is 2.16. The predicted molar refractivity (Wildman–Crippen MR) is 60.5 cm³/mol. The van der Waals surface area contributed by atoms with E-state index in [0.717, 1.165) is 17.7 Å². The van der Waals surface area contributed by atoms with Crippen molar-refractivity contribution in [1.29, 1.82) is 0 Å². The van der Waals surface area contributed by atoms with E-state index in [2.05, 4.69) is 5.32 Å². The van der Waals surface area contributed by atoms with Gasteiger partial charge < -0.3 is 15.3 Å². The summed E-state index contributed by atoms with van der Waals surface area (Å²) in [6, 6.07) is -1.11. The van der Waals surface area contributed by atoms with Gasteiger partial charge in [0.2, 0.25) is 0 Å². The lowest BCUT2D eigenvalue weighted by atomic mass is 9.84. The van der Waals surface area contributed by atoms with E-state index in [1.807, 2.05) is 0 Å². The highest BCUT2D eigenvalue weighted by Crippen LogP contribution is 2.24. The standard InChI is InChI=1S/C11H18F2N2O3/c1-15(6-9(12)13)11(18)14-8-5-3-2-4-7(8)10(16)17/h7-9H,2-6H2,1H3,(H,14,18)(H,16,17). The van der Waals surface area contributed by atoms with Gasteiger partial charge in [-0.25, -0.2) is 13.6 Å². The summed E-state index contributed by atoms with van der Waals surface area (Å²) in [6.45, 7) is -0.656. The molecule has 0 aromatic rings. The van der Waals surface area contributed by atoms with Crippen molar-refractivity contribution < 1.29 is 23.5 Å². The highest BCUT2D eigenvalue weighted by Gasteiger charge is 2.32. The van der Waals surface area contributed by atoms with Crippen LogP contribution >= 0.6 is 0 Å². The monoisotopic (exact) mass is 264 g/mol. The zero-order chi connectivity index (χ0) is 13.7. The molecule has 1 aliphatic rings. The summed E-state index contributed by atoms with van der Waals surface area (Å²) >= 11 is 0. The van der Waals surface area contributed by atoms with Gasteiger partial charge >= 0.3 is 12.0 Å². The molecule has 7 heteroatoms. The van der Waals surface area contributed by atoms with Crippen LogP contribution in [0.3, 0.4) is 0 Å². The second-order valence-electron chi connectivity index (χ2n) is 4.56. The molecule has 0 saturated heterocycles.